The smallest absolute Gasteiger partial charge is 0.410 e. The normalized spacial score (nSPS) is 14.3. The summed E-state index contributed by atoms with van der Waals surface area (Å²) in [6.45, 7) is 6.37. The van der Waals surface area contributed by atoms with Crippen LogP contribution in [0.2, 0.25) is 0 Å². The molecule has 208 valence electrons. The summed E-state index contributed by atoms with van der Waals surface area (Å²) >= 11 is 0.740. The van der Waals surface area contributed by atoms with Crippen LogP contribution in [0.1, 0.15) is 49.3 Å². The zero-order valence-corrected chi connectivity index (χ0v) is 22.6. The Bertz CT molecular complexity index is 1590. The lowest BCUT2D eigenvalue weighted by Crippen LogP contribution is -2.42. The monoisotopic (exact) mass is 568 g/mol. The number of hydrogen-bond acceptors (Lipinski definition) is 10. The standard InChI is InChI=1S/C25H25FN8O5S/c1-25(2,3)39-24(36)32-10-8-15(9-11-32)33-22-16(13-28-33)21(29-20(30-22)14-4-6-18(26)27-12-14)31-23(35)17-5-7-19(40-17)34(37)38/h4-7,12-13,15H,8-11H2,1-3H3,(H,29,30,31,35). The first-order valence-corrected chi connectivity index (χ1v) is 13.2. The van der Waals surface area contributed by atoms with Gasteiger partial charge in [-0.15, -0.1) is 0 Å². The van der Waals surface area contributed by atoms with Gasteiger partial charge in [0.25, 0.3) is 5.91 Å². The maximum absolute atomic E-state index is 13.5. The fourth-order valence-corrected chi connectivity index (χ4v) is 4.98. The first kappa shape index (κ1) is 27.1. The average molecular weight is 569 g/mol. The Morgan fingerprint density at radius 2 is 1.90 bits per heavy atom. The van der Waals surface area contributed by atoms with Crippen LogP contribution in [-0.2, 0) is 4.74 Å². The molecule has 2 amide bonds. The lowest BCUT2D eigenvalue weighted by atomic mass is 10.1. The fraction of sp³-hybridized carbons (Fsp3) is 0.360. The van der Waals surface area contributed by atoms with Gasteiger partial charge in [-0.1, -0.05) is 11.3 Å². The second-order valence-corrected chi connectivity index (χ2v) is 11.2. The Balaban J connectivity index is 1.46. The Morgan fingerprint density at radius 3 is 2.52 bits per heavy atom. The van der Waals surface area contributed by atoms with Gasteiger partial charge in [0.2, 0.25) is 5.95 Å². The number of likely N-dealkylation sites (tertiary alicyclic amines) is 1. The molecule has 1 aliphatic rings. The maximum Gasteiger partial charge on any atom is 0.410 e. The third kappa shape index (κ3) is 5.73. The molecule has 1 saturated heterocycles. The first-order chi connectivity index (χ1) is 19.0. The summed E-state index contributed by atoms with van der Waals surface area (Å²) in [6, 6.07) is 5.16. The van der Waals surface area contributed by atoms with Crippen molar-refractivity contribution in [2.75, 3.05) is 18.4 Å². The molecule has 0 spiro atoms. The van der Waals surface area contributed by atoms with Gasteiger partial charge in [-0.25, -0.2) is 24.4 Å². The molecule has 4 aromatic rings. The number of fused-ring (bicyclic) bond motifs is 1. The van der Waals surface area contributed by atoms with Crippen molar-refractivity contribution in [1.29, 1.82) is 0 Å². The quantitative estimate of drug-likeness (QED) is 0.202. The summed E-state index contributed by atoms with van der Waals surface area (Å²) in [5.74, 6) is -0.928. The molecule has 40 heavy (non-hydrogen) atoms. The van der Waals surface area contributed by atoms with Crippen molar-refractivity contribution in [2.24, 2.45) is 0 Å². The van der Waals surface area contributed by atoms with Gasteiger partial charge in [0.15, 0.2) is 11.5 Å². The number of carbonyl (C=O) groups is 2. The Kier molecular flexibility index (Phi) is 7.14. The fourth-order valence-electron chi connectivity index (χ4n) is 4.26. The van der Waals surface area contributed by atoms with Crippen molar-refractivity contribution in [2.45, 2.75) is 45.3 Å². The number of nitro groups is 1. The molecule has 15 heteroatoms. The van der Waals surface area contributed by atoms with Crippen LogP contribution in [0.5, 0.6) is 0 Å². The van der Waals surface area contributed by atoms with Crippen LogP contribution in [-0.4, -0.2) is 65.2 Å². The van der Waals surface area contributed by atoms with E-state index in [1.165, 1.54) is 36.7 Å². The van der Waals surface area contributed by atoms with Crippen LogP contribution in [0, 0.1) is 16.1 Å². The molecule has 1 fully saturated rings. The molecule has 0 unspecified atom stereocenters. The zero-order chi connectivity index (χ0) is 28.6. The molecule has 0 atom stereocenters. The van der Waals surface area contributed by atoms with Crippen molar-refractivity contribution in [1.82, 2.24) is 29.6 Å². The van der Waals surface area contributed by atoms with Gasteiger partial charge in [0.1, 0.15) is 11.4 Å². The number of pyridine rings is 1. The second-order valence-electron chi connectivity index (χ2n) is 10.1. The number of carbonyl (C=O) groups excluding carboxylic acids is 2. The predicted molar refractivity (Wildman–Crippen MR) is 144 cm³/mol. The minimum absolute atomic E-state index is 0.103. The number of ether oxygens (including phenoxy) is 1. The van der Waals surface area contributed by atoms with Crippen LogP contribution < -0.4 is 5.32 Å². The summed E-state index contributed by atoms with van der Waals surface area (Å²) in [5, 5.41) is 18.6. The number of halogens is 1. The van der Waals surface area contributed by atoms with E-state index in [1.807, 2.05) is 20.8 Å². The van der Waals surface area contributed by atoms with E-state index in [9.17, 15) is 24.1 Å². The average Bonchev–Trinajstić information content (AvgIpc) is 3.57. The molecule has 1 N–H and O–H groups in total. The van der Waals surface area contributed by atoms with E-state index in [4.69, 9.17) is 4.74 Å². The Morgan fingerprint density at radius 1 is 1.15 bits per heavy atom. The van der Waals surface area contributed by atoms with Crippen LogP contribution in [0.3, 0.4) is 0 Å². The van der Waals surface area contributed by atoms with Crippen LogP contribution in [0.15, 0.2) is 36.7 Å². The molecular weight excluding hydrogens is 543 g/mol. The highest BCUT2D eigenvalue weighted by atomic mass is 32.1. The number of piperidine rings is 1. The van der Waals surface area contributed by atoms with Gasteiger partial charge in [-0.2, -0.15) is 9.49 Å². The maximum atomic E-state index is 13.5. The van der Waals surface area contributed by atoms with Crippen molar-refractivity contribution in [3.63, 3.8) is 0 Å². The minimum Gasteiger partial charge on any atom is -0.444 e. The molecule has 0 aliphatic carbocycles. The number of nitrogens with zero attached hydrogens (tertiary/aromatic N) is 7. The Hall–Kier alpha value is -4.53. The van der Waals surface area contributed by atoms with Gasteiger partial charge in [-0.3, -0.25) is 14.9 Å². The van der Waals surface area contributed by atoms with Gasteiger partial charge in [-0.05, 0) is 51.8 Å². The molecule has 1 aliphatic heterocycles. The van der Waals surface area contributed by atoms with E-state index in [-0.39, 0.29) is 33.7 Å². The predicted octanol–water partition coefficient (Wildman–Crippen LogP) is 4.82. The van der Waals surface area contributed by atoms with E-state index < -0.39 is 22.4 Å². The van der Waals surface area contributed by atoms with Crippen molar-refractivity contribution < 1.29 is 23.6 Å². The molecule has 5 heterocycles. The lowest BCUT2D eigenvalue weighted by molar-refractivity contribution is -0.380. The molecule has 5 rings (SSSR count). The number of amides is 2. The number of anilines is 1. The molecular formula is C25H25FN8O5S. The zero-order valence-electron chi connectivity index (χ0n) is 21.8. The highest BCUT2D eigenvalue weighted by Gasteiger charge is 2.29. The van der Waals surface area contributed by atoms with Gasteiger partial charge in [0, 0.05) is 30.9 Å². The van der Waals surface area contributed by atoms with Crippen LogP contribution >= 0.6 is 11.3 Å². The largest absolute Gasteiger partial charge is 0.444 e. The number of rotatable bonds is 5. The molecule has 0 saturated carbocycles. The Labute approximate surface area is 231 Å². The van der Waals surface area contributed by atoms with E-state index in [1.54, 1.807) is 9.58 Å². The van der Waals surface area contributed by atoms with Crippen molar-refractivity contribution in [3.8, 4) is 11.4 Å². The highest BCUT2D eigenvalue weighted by molar-refractivity contribution is 7.17. The second kappa shape index (κ2) is 10.6. The first-order valence-electron chi connectivity index (χ1n) is 12.4. The topological polar surface area (TPSA) is 158 Å². The molecule has 0 bridgehead atoms. The number of aromatic nitrogens is 5. The molecule has 13 nitrogen and oxygen atoms in total. The summed E-state index contributed by atoms with van der Waals surface area (Å²) < 4.78 is 20.7. The summed E-state index contributed by atoms with van der Waals surface area (Å²) in [5.41, 5.74) is 0.249. The lowest BCUT2D eigenvalue weighted by Gasteiger charge is -2.33. The summed E-state index contributed by atoms with van der Waals surface area (Å²) in [6.07, 6.45) is 3.63. The van der Waals surface area contributed by atoms with Crippen molar-refractivity contribution in [3.05, 3.63) is 57.6 Å². The number of hydrogen-bond donors (Lipinski definition) is 1. The van der Waals surface area contributed by atoms with Gasteiger partial charge < -0.3 is 15.0 Å². The number of nitrogens with one attached hydrogen (secondary N) is 1. The van der Waals surface area contributed by atoms with E-state index in [2.05, 4.69) is 25.4 Å². The summed E-state index contributed by atoms with van der Waals surface area (Å²) in [7, 11) is 0. The van der Waals surface area contributed by atoms with Crippen molar-refractivity contribution >= 4 is 45.2 Å². The van der Waals surface area contributed by atoms with Gasteiger partial charge in [0.05, 0.1) is 27.4 Å². The molecule has 4 aromatic heterocycles. The number of thiophene rings is 1. The third-order valence-corrected chi connectivity index (χ3v) is 7.16. The molecule has 0 radical (unpaired) electrons. The van der Waals surface area contributed by atoms with E-state index in [0.717, 1.165) is 11.3 Å². The minimum atomic E-state index is -0.667. The van der Waals surface area contributed by atoms with E-state index in [0.29, 0.717) is 42.5 Å². The highest BCUT2D eigenvalue weighted by Crippen LogP contribution is 2.31. The van der Waals surface area contributed by atoms with Crippen LogP contribution in [0.25, 0.3) is 22.4 Å². The molecule has 0 aromatic carbocycles. The SMILES string of the molecule is CC(C)(C)OC(=O)N1CCC(n2ncc3c(NC(=O)c4ccc([N+](=O)[O-])s4)nc(-c4ccc(F)nc4)nc32)CC1. The van der Waals surface area contributed by atoms with Crippen LogP contribution in [0.4, 0.5) is 20.0 Å². The summed E-state index contributed by atoms with van der Waals surface area (Å²) in [4.78, 5) is 50.6. The van der Waals surface area contributed by atoms with Gasteiger partial charge >= 0.3 is 11.1 Å². The van der Waals surface area contributed by atoms with E-state index >= 15 is 0 Å². The third-order valence-electron chi connectivity index (χ3n) is 6.13.